The van der Waals surface area contributed by atoms with Gasteiger partial charge in [-0.05, 0) is 74.9 Å². The predicted molar refractivity (Wildman–Crippen MR) is 216 cm³/mol. The van der Waals surface area contributed by atoms with E-state index in [4.69, 9.17) is 32.9 Å². The fourth-order valence-corrected chi connectivity index (χ4v) is 7.61. The van der Waals surface area contributed by atoms with Crippen LogP contribution in [0.25, 0.3) is 69.1 Å². The van der Waals surface area contributed by atoms with Crippen molar-refractivity contribution < 1.29 is 35.1 Å². The number of rotatable bonds is 4. The van der Waals surface area contributed by atoms with Crippen LogP contribution in [-0.2, 0) is 0 Å². The van der Waals surface area contributed by atoms with Gasteiger partial charge < -0.3 is 0 Å². The van der Waals surface area contributed by atoms with Crippen LogP contribution >= 0.6 is 0 Å². The van der Waals surface area contributed by atoms with E-state index in [1.165, 1.54) is 0 Å². The third kappa shape index (κ3) is 6.23. The van der Waals surface area contributed by atoms with Crippen LogP contribution in [0.1, 0.15) is 61.2 Å². The summed E-state index contributed by atoms with van der Waals surface area (Å²) < 4.78 is 127. The van der Waals surface area contributed by atoms with E-state index in [-0.39, 0.29) is 33.6 Å². The quantitative estimate of drug-likeness (QED) is 0.0765. The van der Waals surface area contributed by atoms with Crippen LogP contribution in [0.2, 0.25) is 0 Å². The number of hydrogen-bond donors (Lipinski definition) is 0. The highest BCUT2D eigenvalue weighted by molar-refractivity contribution is 6.33. The third-order valence-corrected chi connectivity index (χ3v) is 10.3. The van der Waals surface area contributed by atoms with Gasteiger partial charge in [0.15, 0.2) is 57.9 Å². The molecule has 0 radical (unpaired) electrons. The average Bonchev–Trinajstić information content (AvgIpc) is 3.80. The second kappa shape index (κ2) is 16.4. The van der Waals surface area contributed by atoms with Crippen LogP contribution in [0.4, 0.5) is 52.2 Å². The molecule has 2 aliphatic rings. The maximum atomic E-state index is 16.2. The summed E-state index contributed by atoms with van der Waals surface area (Å²) in [6, 6.07) is 16.0. The van der Waals surface area contributed by atoms with Crippen molar-refractivity contribution in [3.05, 3.63) is 213 Å². The molecule has 0 saturated heterocycles. The van der Waals surface area contributed by atoms with E-state index in [0.717, 1.165) is 54.6 Å². The molecule has 0 unspecified atom stereocenters. The van der Waals surface area contributed by atoms with Crippen molar-refractivity contribution >= 4 is 61.9 Å². The molecule has 0 fully saturated rings. The number of nitriles is 5. The van der Waals surface area contributed by atoms with Crippen molar-refractivity contribution in [2.45, 2.75) is 0 Å². The van der Waals surface area contributed by atoms with E-state index in [0.29, 0.717) is 0 Å². The van der Waals surface area contributed by atoms with E-state index in [9.17, 15) is 26.3 Å². The van der Waals surface area contributed by atoms with E-state index in [1.54, 1.807) is 24.3 Å². The van der Waals surface area contributed by atoms with Gasteiger partial charge in [-0.25, -0.2) is 59.3 Å². The molecule has 0 heterocycles. The lowest BCUT2D eigenvalue weighted by atomic mass is 9.86. The Hall–Kier alpha value is -10.6. The summed E-state index contributed by atoms with van der Waals surface area (Å²) in [7, 11) is 0. The molecule has 0 aliphatic heterocycles. The zero-order chi connectivity index (χ0) is 48.0. The Morgan fingerprint density at radius 3 is 1.42 bits per heavy atom. The fourth-order valence-electron chi connectivity index (χ4n) is 7.61. The zero-order valence-corrected chi connectivity index (χ0v) is 32.1. The predicted octanol–water partition coefficient (Wildman–Crippen LogP) is 12.5. The molecule has 0 spiro atoms. The summed E-state index contributed by atoms with van der Waals surface area (Å²) in [5, 5.41) is 50.4. The first-order valence-corrected chi connectivity index (χ1v) is 17.7. The van der Waals surface area contributed by atoms with Crippen molar-refractivity contribution in [1.29, 1.82) is 26.3 Å². The molecule has 10 nitrogen and oxygen atoms in total. The fraction of sp³-hybridized carbons (Fsp3) is 0. The van der Waals surface area contributed by atoms with Gasteiger partial charge in [0.25, 0.3) is 5.69 Å². The van der Waals surface area contributed by atoms with Gasteiger partial charge >= 0.3 is 0 Å². The van der Waals surface area contributed by atoms with Crippen LogP contribution in [-0.4, -0.2) is 0 Å². The van der Waals surface area contributed by atoms with Gasteiger partial charge in [-0.15, -0.1) is 0 Å². The van der Waals surface area contributed by atoms with E-state index in [2.05, 4.69) is 24.2 Å². The number of nitrogens with zero attached hydrogens (tertiary/aromatic N) is 10. The van der Waals surface area contributed by atoms with Crippen LogP contribution < -0.4 is 0 Å². The standard InChI is InChI=1S/C48H8F8N10/c1-62-23-8-19(14-57)6-21(10-23)29(16-59)32-27-13-26-25(12-28(27)47(65-4)35(32)37-42(53)44(55)48(66-5)45(56)43(37)54)30(17-60)33(36-40(51)38(49)31(18-61)39(50)41(36)52)34(26)46(64-3)22-7-20(15-58)9-24(11-22)63-2/h6-13H/b32-29-,46-34+. The molecular weight excluding hydrogens is 869 g/mol. The number of benzene rings is 5. The summed E-state index contributed by atoms with van der Waals surface area (Å²) in [5.74, 6) is -17.8. The molecule has 0 amide bonds. The highest BCUT2D eigenvalue weighted by atomic mass is 19.2. The molecule has 5 aromatic carbocycles. The van der Waals surface area contributed by atoms with Gasteiger partial charge in [-0.1, -0.05) is 18.2 Å². The van der Waals surface area contributed by atoms with Crippen molar-refractivity contribution in [3.8, 4) is 30.3 Å². The SMILES string of the molecule is [C-]#[N+]C1=C(c2c(F)c(F)c([N+]#[C-])c(F)c2F)/C(=C(/C#N)c2cc(C#N)cc([N+]#[C-])c2)c2cc3c(cc21)C(C#N)=C(c1c(F)c(F)c(C#N)c(F)c1F)/C3=C(/[N+]#[C-])c1cc(C#N)cc([N+]#[C-])c1. The Balaban J connectivity index is 1.77. The minimum atomic E-state index is -2.23. The second-order valence-corrected chi connectivity index (χ2v) is 13.5. The topological polar surface area (TPSA) is 141 Å². The van der Waals surface area contributed by atoms with Crippen molar-refractivity contribution in [1.82, 2.24) is 0 Å². The minimum Gasteiger partial charge on any atom is -0.238 e. The molecule has 66 heavy (non-hydrogen) atoms. The first-order valence-electron chi connectivity index (χ1n) is 17.7. The highest BCUT2D eigenvalue weighted by Crippen LogP contribution is 2.58. The highest BCUT2D eigenvalue weighted by Gasteiger charge is 2.42. The van der Waals surface area contributed by atoms with E-state index >= 15 is 35.1 Å². The smallest absolute Gasteiger partial charge is 0.238 e. The first kappa shape index (κ1) is 43.5. The van der Waals surface area contributed by atoms with Gasteiger partial charge in [-0.2, -0.15) is 26.3 Å². The van der Waals surface area contributed by atoms with Crippen LogP contribution in [0.3, 0.4) is 0 Å². The molecule has 0 N–H and O–H groups in total. The lowest BCUT2D eigenvalue weighted by molar-refractivity contribution is 0.447. The molecule has 306 valence electrons. The lowest BCUT2D eigenvalue weighted by Crippen LogP contribution is -2.07. The molecule has 18 heteroatoms. The molecule has 0 aromatic heterocycles. The molecule has 5 aromatic rings. The second-order valence-electron chi connectivity index (χ2n) is 13.5. The summed E-state index contributed by atoms with van der Waals surface area (Å²) in [6.45, 7) is 38.7. The van der Waals surface area contributed by atoms with E-state index in [1.807, 2.05) is 0 Å². The van der Waals surface area contributed by atoms with Crippen molar-refractivity contribution in [3.63, 3.8) is 0 Å². The number of halogens is 8. The van der Waals surface area contributed by atoms with Gasteiger partial charge in [0.1, 0.15) is 23.8 Å². The van der Waals surface area contributed by atoms with Gasteiger partial charge in [0.2, 0.25) is 11.4 Å². The van der Waals surface area contributed by atoms with Gasteiger partial charge in [0.05, 0.1) is 61.7 Å². The summed E-state index contributed by atoms with van der Waals surface area (Å²) in [4.78, 5) is 15.8. The monoisotopic (exact) mass is 876 g/mol. The molecule has 2 aliphatic carbocycles. The summed E-state index contributed by atoms with van der Waals surface area (Å²) >= 11 is 0. The Morgan fingerprint density at radius 2 is 0.955 bits per heavy atom. The van der Waals surface area contributed by atoms with Crippen molar-refractivity contribution in [2.75, 3.05) is 0 Å². The molecular formula is C48H8F8N10. The van der Waals surface area contributed by atoms with E-state index < -0.39 is 136 Å². The van der Waals surface area contributed by atoms with Crippen LogP contribution in [0.15, 0.2) is 48.5 Å². The number of fused-ring (bicyclic) bond motifs is 2. The summed E-state index contributed by atoms with van der Waals surface area (Å²) in [5.41, 5.74) is -17.4. The molecule has 0 bridgehead atoms. The maximum Gasteiger partial charge on any atom is 0.262 e. The van der Waals surface area contributed by atoms with Crippen LogP contribution in [0, 0.1) is 136 Å². The van der Waals surface area contributed by atoms with Crippen molar-refractivity contribution in [2.24, 2.45) is 0 Å². The Bertz CT molecular complexity index is 3440. The Kier molecular flexibility index (Phi) is 10.8. The number of hydrogen-bond acceptors (Lipinski definition) is 5. The molecule has 7 rings (SSSR count). The first-order chi connectivity index (χ1) is 31.6. The maximum absolute atomic E-state index is 16.2. The Morgan fingerprint density at radius 1 is 0.455 bits per heavy atom. The average molecular weight is 877 g/mol. The lowest BCUT2D eigenvalue weighted by Gasteiger charge is -2.17. The van der Waals surface area contributed by atoms with Crippen LogP contribution in [0.5, 0.6) is 0 Å². The van der Waals surface area contributed by atoms with Gasteiger partial charge in [-0.3, -0.25) is 0 Å². The summed E-state index contributed by atoms with van der Waals surface area (Å²) in [6.07, 6.45) is 0. The Labute approximate surface area is 366 Å². The number of allylic oxidation sites excluding steroid dienone is 6. The molecule has 0 atom stereocenters. The normalized spacial score (nSPS) is 13.5. The largest absolute Gasteiger partial charge is 0.262 e. The molecule has 0 saturated carbocycles. The van der Waals surface area contributed by atoms with Gasteiger partial charge in [0, 0.05) is 27.8 Å². The third-order valence-electron chi connectivity index (χ3n) is 10.3. The zero-order valence-electron chi connectivity index (χ0n) is 32.1. The minimum absolute atomic E-state index is 0.253.